The van der Waals surface area contributed by atoms with E-state index in [0.717, 1.165) is 24.2 Å². The monoisotopic (exact) mass is 301 g/mol. The zero-order valence-corrected chi connectivity index (χ0v) is 13.7. The normalized spacial score (nSPS) is 17.1. The molecule has 2 aliphatic rings. The number of nitriles is 1. The van der Waals surface area contributed by atoms with Crippen LogP contribution in [0.2, 0.25) is 0 Å². The highest BCUT2D eigenvalue weighted by Crippen LogP contribution is 2.50. The molecule has 23 heavy (non-hydrogen) atoms. The Labute approximate surface area is 137 Å². The third kappa shape index (κ3) is 1.86. The van der Waals surface area contributed by atoms with E-state index < -0.39 is 0 Å². The van der Waals surface area contributed by atoms with Gasteiger partial charge in [0.15, 0.2) is 0 Å². The van der Waals surface area contributed by atoms with E-state index in [1.54, 1.807) is 7.11 Å². The number of fused-ring (bicyclic) bond motifs is 3. The zero-order chi connectivity index (χ0) is 16.2. The van der Waals surface area contributed by atoms with Gasteiger partial charge in [0.05, 0.1) is 18.7 Å². The Hall–Kier alpha value is -2.53. The van der Waals surface area contributed by atoms with E-state index in [9.17, 15) is 5.26 Å². The van der Waals surface area contributed by atoms with Crippen molar-refractivity contribution in [3.8, 4) is 11.8 Å². The molecule has 2 aromatic rings. The lowest BCUT2D eigenvalue weighted by molar-refractivity contribution is 0.413. The highest BCUT2D eigenvalue weighted by Gasteiger charge is 2.39. The largest absolute Gasteiger partial charge is 0.497 e. The van der Waals surface area contributed by atoms with Crippen LogP contribution in [-0.4, -0.2) is 7.11 Å². The molecule has 2 aromatic carbocycles. The van der Waals surface area contributed by atoms with E-state index in [1.807, 2.05) is 12.1 Å². The van der Waals surface area contributed by atoms with Gasteiger partial charge in [-0.15, -0.1) is 0 Å². The molecule has 2 nitrogen and oxygen atoms in total. The average molecular weight is 301 g/mol. The van der Waals surface area contributed by atoms with Crippen molar-refractivity contribution in [2.75, 3.05) is 7.11 Å². The van der Waals surface area contributed by atoms with Crippen LogP contribution in [0.3, 0.4) is 0 Å². The van der Waals surface area contributed by atoms with Crippen LogP contribution in [0.4, 0.5) is 0 Å². The molecule has 4 rings (SSSR count). The average Bonchev–Trinajstić information content (AvgIpc) is 2.94. The quantitative estimate of drug-likeness (QED) is 0.781. The summed E-state index contributed by atoms with van der Waals surface area (Å²) < 4.78 is 5.41. The lowest BCUT2D eigenvalue weighted by atomic mass is 9.69. The second kappa shape index (κ2) is 4.73. The molecule has 0 aliphatic heterocycles. The molecule has 2 aliphatic carbocycles. The van der Waals surface area contributed by atoms with Crippen LogP contribution in [0, 0.1) is 11.3 Å². The van der Waals surface area contributed by atoms with Crippen molar-refractivity contribution >= 4 is 5.57 Å². The van der Waals surface area contributed by atoms with Gasteiger partial charge in [0.1, 0.15) is 5.75 Å². The summed E-state index contributed by atoms with van der Waals surface area (Å²) in [5, 5.41) is 9.51. The van der Waals surface area contributed by atoms with Gasteiger partial charge in [0.25, 0.3) is 0 Å². The van der Waals surface area contributed by atoms with Gasteiger partial charge < -0.3 is 4.74 Å². The summed E-state index contributed by atoms with van der Waals surface area (Å²) in [4.78, 5) is 0. The number of hydrogen-bond donors (Lipinski definition) is 0. The van der Waals surface area contributed by atoms with Crippen molar-refractivity contribution in [3.05, 3.63) is 69.8 Å². The highest BCUT2D eigenvalue weighted by atomic mass is 16.5. The molecule has 0 N–H and O–H groups in total. The number of methoxy groups -OCH3 is 1. The van der Waals surface area contributed by atoms with Crippen molar-refractivity contribution in [3.63, 3.8) is 0 Å². The summed E-state index contributed by atoms with van der Waals surface area (Å²) in [5.41, 5.74) is 8.76. The second-order valence-electron chi connectivity index (χ2n) is 6.91. The van der Waals surface area contributed by atoms with E-state index in [4.69, 9.17) is 4.74 Å². The molecule has 2 heteroatoms. The third-order valence-electron chi connectivity index (χ3n) is 5.41. The van der Waals surface area contributed by atoms with Gasteiger partial charge in [-0.25, -0.2) is 0 Å². The molecule has 0 unspecified atom stereocenters. The topological polar surface area (TPSA) is 33.0 Å². The molecule has 0 spiro atoms. The maximum Gasteiger partial charge on any atom is 0.119 e. The maximum absolute atomic E-state index is 9.51. The first-order chi connectivity index (χ1) is 11.1. The molecular weight excluding hydrogens is 282 g/mol. The fourth-order valence-electron chi connectivity index (χ4n) is 4.24. The Morgan fingerprint density at radius 3 is 2.65 bits per heavy atom. The number of rotatable bonds is 1. The number of allylic oxidation sites excluding steroid dienone is 2. The van der Waals surface area contributed by atoms with E-state index >= 15 is 0 Å². The van der Waals surface area contributed by atoms with Crippen molar-refractivity contribution in [2.24, 2.45) is 0 Å². The summed E-state index contributed by atoms with van der Waals surface area (Å²) in [6.45, 7) is 4.59. The Bertz CT molecular complexity index is 897. The minimum Gasteiger partial charge on any atom is -0.497 e. The number of hydrogen-bond acceptors (Lipinski definition) is 2. The zero-order valence-electron chi connectivity index (χ0n) is 13.7. The maximum atomic E-state index is 9.51. The number of benzene rings is 2. The third-order valence-corrected chi connectivity index (χ3v) is 5.41. The fourth-order valence-corrected chi connectivity index (χ4v) is 4.24. The molecule has 0 atom stereocenters. The summed E-state index contributed by atoms with van der Waals surface area (Å²) in [7, 11) is 1.71. The Balaban J connectivity index is 1.94. The van der Waals surface area contributed by atoms with Gasteiger partial charge in [-0.05, 0) is 58.9 Å². The van der Waals surface area contributed by atoms with E-state index in [2.05, 4.69) is 44.2 Å². The van der Waals surface area contributed by atoms with Gasteiger partial charge in [-0.2, -0.15) is 5.26 Å². The molecule has 0 saturated carbocycles. The van der Waals surface area contributed by atoms with E-state index in [0.29, 0.717) is 0 Å². The predicted octanol–water partition coefficient (Wildman–Crippen LogP) is 4.41. The van der Waals surface area contributed by atoms with Gasteiger partial charge in [0.2, 0.25) is 0 Å². The predicted molar refractivity (Wildman–Crippen MR) is 91.5 cm³/mol. The fraction of sp³-hybridized carbons (Fsp3) is 0.286. The van der Waals surface area contributed by atoms with Crippen LogP contribution in [0.15, 0.2) is 42.0 Å². The Morgan fingerprint density at radius 2 is 1.91 bits per heavy atom. The van der Waals surface area contributed by atoms with Crippen LogP contribution < -0.4 is 4.74 Å². The molecule has 0 heterocycles. The summed E-state index contributed by atoms with van der Waals surface area (Å²) in [6.07, 6.45) is 1.84. The SMILES string of the molecule is COc1ccc2c(c1)CC1=C(Cc3cccc(C#N)c31)C2(C)C. The first-order valence-electron chi connectivity index (χ1n) is 7.98. The van der Waals surface area contributed by atoms with E-state index in [-0.39, 0.29) is 5.41 Å². The molecule has 114 valence electrons. The van der Waals surface area contributed by atoms with E-state index in [1.165, 1.54) is 33.4 Å². The lowest BCUT2D eigenvalue weighted by Crippen LogP contribution is -2.26. The minimum atomic E-state index is -0.0130. The van der Waals surface area contributed by atoms with Gasteiger partial charge in [-0.1, -0.05) is 37.6 Å². The first kappa shape index (κ1) is 14.1. The van der Waals surface area contributed by atoms with Crippen LogP contribution in [0.25, 0.3) is 5.57 Å². The Kier molecular flexibility index (Phi) is 2.90. The summed E-state index contributed by atoms with van der Waals surface area (Å²) in [6, 6.07) is 14.9. The standard InChI is InChI=1S/C21H19NO/c1-21(2)18-8-7-16(23-3)9-15(18)10-17-19(21)11-13-5-4-6-14(12-22)20(13)17/h4-9H,10-11H2,1-3H3. The van der Waals surface area contributed by atoms with Gasteiger partial charge in [0, 0.05) is 5.41 Å². The first-order valence-corrected chi connectivity index (χ1v) is 7.98. The van der Waals surface area contributed by atoms with Crippen molar-refractivity contribution < 1.29 is 4.74 Å². The minimum absolute atomic E-state index is 0.0130. The molecule has 0 amide bonds. The van der Waals surface area contributed by atoms with Crippen LogP contribution in [0.1, 0.15) is 41.7 Å². The van der Waals surface area contributed by atoms with Crippen molar-refractivity contribution in [1.29, 1.82) is 5.26 Å². The van der Waals surface area contributed by atoms with Gasteiger partial charge in [-0.3, -0.25) is 0 Å². The van der Waals surface area contributed by atoms with Crippen LogP contribution in [-0.2, 0) is 18.3 Å². The Morgan fingerprint density at radius 1 is 1.09 bits per heavy atom. The van der Waals surface area contributed by atoms with Crippen LogP contribution >= 0.6 is 0 Å². The van der Waals surface area contributed by atoms with Crippen molar-refractivity contribution in [1.82, 2.24) is 0 Å². The molecule has 0 fully saturated rings. The molecule has 0 bridgehead atoms. The second-order valence-corrected chi connectivity index (χ2v) is 6.91. The van der Waals surface area contributed by atoms with Crippen LogP contribution in [0.5, 0.6) is 5.75 Å². The lowest BCUT2D eigenvalue weighted by Gasteiger charge is -2.35. The summed E-state index contributed by atoms with van der Waals surface area (Å²) >= 11 is 0. The smallest absolute Gasteiger partial charge is 0.119 e. The summed E-state index contributed by atoms with van der Waals surface area (Å²) in [5.74, 6) is 0.899. The van der Waals surface area contributed by atoms with Gasteiger partial charge >= 0.3 is 0 Å². The van der Waals surface area contributed by atoms with Crippen molar-refractivity contribution in [2.45, 2.75) is 32.1 Å². The highest BCUT2D eigenvalue weighted by molar-refractivity contribution is 5.85. The molecule has 0 aromatic heterocycles. The molecular formula is C21H19NO. The molecule has 0 saturated heterocycles. The number of nitrogens with zero attached hydrogens (tertiary/aromatic N) is 1. The molecule has 0 radical (unpaired) electrons. The number of ether oxygens (including phenoxy) is 1.